The molecule has 1 atom stereocenters. The minimum absolute atomic E-state index is 0.00422. The molecule has 0 spiro atoms. The van der Waals surface area contributed by atoms with Crippen LogP contribution in [-0.2, 0) is 11.3 Å². The molecule has 30 heavy (non-hydrogen) atoms. The Bertz CT molecular complexity index is 960. The van der Waals surface area contributed by atoms with E-state index in [1.54, 1.807) is 41.1 Å². The summed E-state index contributed by atoms with van der Waals surface area (Å²) in [5.41, 5.74) is 7.07. The van der Waals surface area contributed by atoms with Crippen molar-refractivity contribution in [1.82, 2.24) is 14.8 Å². The van der Waals surface area contributed by atoms with E-state index in [1.807, 2.05) is 0 Å². The number of carbonyl (C=O) groups excluding carboxylic acids is 2. The summed E-state index contributed by atoms with van der Waals surface area (Å²) in [6, 6.07) is 8.37. The number of phenolic OH excluding ortho intramolecular Hbond substituents is 1. The topological polar surface area (TPSA) is 136 Å². The molecule has 9 nitrogen and oxygen atoms in total. The van der Waals surface area contributed by atoms with Crippen molar-refractivity contribution < 1.29 is 14.7 Å². The van der Waals surface area contributed by atoms with Gasteiger partial charge in [-0.05, 0) is 36.2 Å². The Balaban J connectivity index is 1.59. The van der Waals surface area contributed by atoms with Crippen LogP contribution < -0.4 is 11.1 Å². The normalized spacial score (nSPS) is 15.7. The lowest BCUT2D eigenvalue weighted by Gasteiger charge is -2.23. The molecule has 0 bridgehead atoms. The number of phenols is 1. The molecule has 1 saturated heterocycles. The molecule has 0 radical (unpaired) electrons. The maximum Gasteiger partial charge on any atom is 0.255 e. The van der Waals surface area contributed by atoms with Gasteiger partial charge in [0.1, 0.15) is 17.4 Å². The molecule has 1 fully saturated rings. The molecule has 0 aliphatic carbocycles. The van der Waals surface area contributed by atoms with E-state index in [-0.39, 0.29) is 35.0 Å². The lowest BCUT2D eigenvalue weighted by Crippen LogP contribution is -2.38. The van der Waals surface area contributed by atoms with Crippen LogP contribution in [0.4, 0.5) is 5.82 Å². The maximum atomic E-state index is 12.7. The number of hydrogen-bond donors (Lipinski definition) is 4. The van der Waals surface area contributed by atoms with E-state index < -0.39 is 0 Å². The van der Waals surface area contributed by atoms with E-state index in [1.165, 1.54) is 19.2 Å². The lowest BCUT2D eigenvalue weighted by atomic mass is 10.1. The van der Waals surface area contributed by atoms with Crippen LogP contribution in [0.15, 0.2) is 36.5 Å². The van der Waals surface area contributed by atoms with Gasteiger partial charge in [-0.15, -0.1) is 0 Å². The van der Waals surface area contributed by atoms with Gasteiger partial charge in [-0.1, -0.05) is 6.07 Å². The largest absolute Gasteiger partial charge is 0.507 e. The maximum absolute atomic E-state index is 12.7. The molecule has 1 aliphatic heterocycles. The average molecular weight is 410 g/mol. The number of hydrogen-bond acceptors (Lipinski definition) is 6. The second kappa shape index (κ2) is 8.81. The third-order valence-electron chi connectivity index (χ3n) is 5.33. The minimum atomic E-state index is -0.200. The first-order chi connectivity index (χ1) is 14.3. The Hall–Kier alpha value is -3.62. The number of benzene rings is 1. The van der Waals surface area contributed by atoms with E-state index in [0.717, 1.165) is 12.0 Å². The third-order valence-corrected chi connectivity index (χ3v) is 5.33. The molecule has 1 aromatic heterocycles. The second-order valence-corrected chi connectivity index (χ2v) is 7.37. The zero-order valence-electron chi connectivity index (χ0n) is 17.1. The number of anilines is 1. The molecule has 9 heteroatoms. The van der Waals surface area contributed by atoms with Crippen LogP contribution in [0.5, 0.6) is 5.75 Å². The number of pyridine rings is 1. The highest BCUT2D eigenvalue weighted by molar-refractivity contribution is 5.97. The van der Waals surface area contributed by atoms with Crippen molar-refractivity contribution in [2.45, 2.75) is 25.9 Å². The van der Waals surface area contributed by atoms with Gasteiger partial charge in [0.15, 0.2) is 0 Å². The number of amides is 2. The highest BCUT2D eigenvalue weighted by Crippen LogP contribution is 2.20. The molecule has 1 aromatic carbocycles. The van der Waals surface area contributed by atoms with Crippen LogP contribution in [0.3, 0.4) is 0 Å². The van der Waals surface area contributed by atoms with Crippen molar-refractivity contribution in [3.05, 3.63) is 53.2 Å². The van der Waals surface area contributed by atoms with Gasteiger partial charge in [0.2, 0.25) is 5.91 Å². The van der Waals surface area contributed by atoms with Gasteiger partial charge in [-0.3, -0.25) is 15.0 Å². The Kier molecular flexibility index (Phi) is 6.20. The van der Waals surface area contributed by atoms with E-state index in [0.29, 0.717) is 31.0 Å². The number of nitrogens with one attached hydrogen (secondary N) is 2. The Morgan fingerprint density at radius 3 is 2.77 bits per heavy atom. The number of amidine groups is 1. The highest BCUT2D eigenvalue weighted by atomic mass is 16.3. The molecule has 0 unspecified atom stereocenters. The summed E-state index contributed by atoms with van der Waals surface area (Å²) in [7, 11) is 1.76. The summed E-state index contributed by atoms with van der Waals surface area (Å²) in [5.74, 6) is 0.257. The number of aromatic nitrogens is 1. The fourth-order valence-corrected chi connectivity index (χ4v) is 3.41. The molecule has 2 aromatic rings. The number of likely N-dealkylation sites (N-methyl/N-ethyl adjacent to an activating group) is 1. The van der Waals surface area contributed by atoms with Crippen LogP contribution in [0, 0.1) is 5.41 Å². The number of aromatic hydroxyl groups is 1. The van der Waals surface area contributed by atoms with Gasteiger partial charge in [0, 0.05) is 39.8 Å². The predicted molar refractivity (Wildman–Crippen MR) is 113 cm³/mol. The summed E-state index contributed by atoms with van der Waals surface area (Å²) in [6.07, 6.45) is 2.30. The van der Waals surface area contributed by atoms with Crippen molar-refractivity contribution in [3.63, 3.8) is 0 Å². The fraction of sp³-hybridized carbons (Fsp3) is 0.333. The zero-order chi connectivity index (χ0) is 21.8. The number of nitrogen functional groups attached to an aromatic ring is 1. The van der Waals surface area contributed by atoms with Crippen LogP contribution in [0.2, 0.25) is 0 Å². The number of likely N-dealkylation sites (tertiary alicyclic amines) is 1. The van der Waals surface area contributed by atoms with Gasteiger partial charge >= 0.3 is 0 Å². The molecular weight excluding hydrogens is 384 g/mol. The van der Waals surface area contributed by atoms with Crippen LogP contribution in [0.1, 0.15) is 34.8 Å². The summed E-state index contributed by atoms with van der Waals surface area (Å²) in [4.78, 5) is 32.0. The zero-order valence-corrected chi connectivity index (χ0v) is 17.1. The summed E-state index contributed by atoms with van der Waals surface area (Å²) in [5, 5.41) is 20.4. The first-order valence-electron chi connectivity index (χ1n) is 9.65. The van der Waals surface area contributed by atoms with Gasteiger partial charge in [0.05, 0.1) is 17.2 Å². The highest BCUT2D eigenvalue weighted by Gasteiger charge is 2.30. The Morgan fingerprint density at radius 2 is 2.13 bits per heavy atom. The molecule has 1 aliphatic rings. The second-order valence-electron chi connectivity index (χ2n) is 7.37. The van der Waals surface area contributed by atoms with E-state index in [4.69, 9.17) is 11.1 Å². The van der Waals surface area contributed by atoms with Crippen molar-refractivity contribution in [3.8, 4) is 5.75 Å². The molecular formula is C21H26N6O3. The first-order valence-corrected chi connectivity index (χ1v) is 9.65. The quantitative estimate of drug-likeness (QED) is 0.420. The van der Waals surface area contributed by atoms with Gasteiger partial charge in [0.25, 0.3) is 5.91 Å². The molecule has 2 heterocycles. The predicted octanol–water partition coefficient (Wildman–Crippen LogP) is 1.38. The number of nitrogens with two attached hydrogens (primary N) is 1. The van der Waals surface area contributed by atoms with Gasteiger partial charge in [-0.2, -0.15) is 0 Å². The monoisotopic (exact) mass is 410 g/mol. The first kappa shape index (κ1) is 21.1. The van der Waals surface area contributed by atoms with Gasteiger partial charge in [-0.25, -0.2) is 4.98 Å². The summed E-state index contributed by atoms with van der Waals surface area (Å²) >= 11 is 0. The van der Waals surface area contributed by atoms with Crippen molar-refractivity contribution >= 4 is 23.5 Å². The van der Waals surface area contributed by atoms with E-state index in [2.05, 4.69) is 10.3 Å². The summed E-state index contributed by atoms with van der Waals surface area (Å²) in [6.45, 7) is 3.08. The standard InChI is InChI=1S/C21H26N6O3/c1-13(28)26(2)16-7-8-27(12-16)21(30)15-4-6-19(25-11-15)24-10-14-3-5-18(29)17(9-14)20(22)23/h3-6,9,11,16,29H,7-8,10,12H2,1-2H3,(H3,22,23)(H,24,25)/t16-/m0/s1. The van der Waals surface area contributed by atoms with Gasteiger partial charge < -0.3 is 26.0 Å². The van der Waals surface area contributed by atoms with Crippen LogP contribution in [-0.4, -0.2) is 63.7 Å². The van der Waals surface area contributed by atoms with E-state index >= 15 is 0 Å². The smallest absolute Gasteiger partial charge is 0.255 e. The summed E-state index contributed by atoms with van der Waals surface area (Å²) < 4.78 is 0. The molecule has 2 amide bonds. The molecule has 5 N–H and O–H groups in total. The van der Waals surface area contributed by atoms with Crippen LogP contribution >= 0.6 is 0 Å². The van der Waals surface area contributed by atoms with Crippen molar-refractivity contribution in [2.24, 2.45) is 5.73 Å². The molecule has 0 saturated carbocycles. The molecule has 3 rings (SSSR count). The van der Waals surface area contributed by atoms with Crippen molar-refractivity contribution in [1.29, 1.82) is 5.41 Å². The third kappa shape index (κ3) is 4.68. The fourth-order valence-electron chi connectivity index (χ4n) is 3.41. The Labute approximate surface area is 175 Å². The van der Waals surface area contributed by atoms with Crippen molar-refractivity contribution in [2.75, 3.05) is 25.5 Å². The Morgan fingerprint density at radius 1 is 1.37 bits per heavy atom. The SMILES string of the molecule is CC(=O)N(C)[C@H]1CCN(C(=O)c2ccc(NCc3ccc(O)c(C(=N)N)c3)nc2)C1. The molecule has 158 valence electrons. The van der Waals surface area contributed by atoms with Crippen LogP contribution in [0.25, 0.3) is 0 Å². The number of nitrogens with zero attached hydrogens (tertiary/aromatic N) is 3. The lowest BCUT2D eigenvalue weighted by molar-refractivity contribution is -0.129. The number of rotatable bonds is 6. The number of carbonyl (C=O) groups is 2. The van der Waals surface area contributed by atoms with E-state index in [9.17, 15) is 14.7 Å². The minimum Gasteiger partial charge on any atom is -0.507 e. The average Bonchev–Trinajstić information content (AvgIpc) is 3.22.